The Morgan fingerprint density at radius 2 is 1.79 bits per heavy atom. The van der Waals surface area contributed by atoms with Crippen molar-refractivity contribution in [3.05, 3.63) is 34.9 Å². The summed E-state index contributed by atoms with van der Waals surface area (Å²) in [6, 6.07) is 4.32. The molecule has 5 unspecified atom stereocenters. The molecule has 8 nitrogen and oxygen atoms in total. The Labute approximate surface area is 178 Å². The minimum atomic E-state index is -2.36. The number of phenols is 1. The summed E-state index contributed by atoms with van der Waals surface area (Å²) in [6.07, 6.45) is -1.30. The zero-order chi connectivity index (χ0) is 19.7. The first kappa shape index (κ1) is 23.2. The zero-order valence-electron chi connectivity index (χ0n) is 15.1. The third kappa shape index (κ3) is 3.02. The van der Waals surface area contributed by atoms with E-state index in [9.17, 15) is 34.8 Å². The first-order chi connectivity index (χ1) is 12.7. The number of aromatic hydroxyl groups is 1. The Hall–Kier alpha value is -2.13. The van der Waals surface area contributed by atoms with Gasteiger partial charge in [0.1, 0.15) is 11.5 Å². The highest BCUT2D eigenvalue weighted by atomic mass is 35.5. The summed E-state index contributed by atoms with van der Waals surface area (Å²) >= 11 is 0. The highest BCUT2D eigenvalue weighted by Crippen LogP contribution is 2.54. The van der Waals surface area contributed by atoms with Gasteiger partial charge < -0.3 is 26.2 Å². The van der Waals surface area contributed by atoms with Crippen molar-refractivity contribution < 1.29 is 34.8 Å². The molecule has 1 aromatic rings. The Bertz CT molecular complexity index is 931. The van der Waals surface area contributed by atoms with Crippen LogP contribution >= 0.6 is 24.8 Å². The first-order valence-electron chi connectivity index (χ1n) is 8.71. The van der Waals surface area contributed by atoms with Gasteiger partial charge in [-0.25, -0.2) is 0 Å². The molecule has 158 valence electrons. The number of phenolic OH excluding ortho intramolecular Hbond substituents is 1. The molecule has 4 rings (SSSR count). The monoisotopic (exact) mass is 445 g/mol. The number of aliphatic hydroxyl groups excluding tert-OH is 2. The number of amides is 1. The van der Waals surface area contributed by atoms with Crippen LogP contribution in [0.1, 0.15) is 36.3 Å². The normalized spacial score (nSPS) is 32.9. The largest absolute Gasteiger partial charge is 0.507 e. The topological polar surface area (TPSA) is 158 Å². The van der Waals surface area contributed by atoms with Gasteiger partial charge in [-0.1, -0.05) is 12.1 Å². The summed E-state index contributed by atoms with van der Waals surface area (Å²) < 4.78 is 0. The van der Waals surface area contributed by atoms with Crippen LogP contribution in [0.5, 0.6) is 5.75 Å². The van der Waals surface area contributed by atoms with Crippen molar-refractivity contribution in [1.82, 2.24) is 0 Å². The van der Waals surface area contributed by atoms with E-state index in [4.69, 9.17) is 5.73 Å². The standard InChI is InChI=1S/C19H19NO7.2ClH/c20-18(26)13-9-2-1-3-11(22)14(9)16(24)15-10(13)5-7-4-8(21)6-12(23)19(7,27)17(15)25;;/h1-3,7-8,10,13,21-22,24,27H,4-6H2,(H2,20,26);2*1H. The number of nitrogens with two attached hydrogens (primary N) is 1. The van der Waals surface area contributed by atoms with Crippen LogP contribution in [0.3, 0.4) is 0 Å². The van der Waals surface area contributed by atoms with Gasteiger partial charge in [0.15, 0.2) is 11.4 Å². The molecule has 2 fully saturated rings. The summed E-state index contributed by atoms with van der Waals surface area (Å²) in [6.45, 7) is 0. The second-order valence-corrected chi connectivity index (χ2v) is 7.54. The Balaban J connectivity index is 0.00000150. The van der Waals surface area contributed by atoms with Crippen molar-refractivity contribution in [1.29, 1.82) is 0 Å². The molecule has 6 N–H and O–H groups in total. The van der Waals surface area contributed by atoms with E-state index in [1.807, 2.05) is 0 Å². The lowest BCUT2D eigenvalue weighted by atomic mass is 9.56. The van der Waals surface area contributed by atoms with Gasteiger partial charge in [-0.2, -0.15) is 0 Å². The summed E-state index contributed by atoms with van der Waals surface area (Å²) in [5.74, 6) is -6.20. The molecule has 1 amide bonds. The van der Waals surface area contributed by atoms with E-state index in [1.54, 1.807) is 0 Å². The second kappa shape index (κ2) is 7.60. The number of halogens is 2. The van der Waals surface area contributed by atoms with E-state index in [1.165, 1.54) is 18.2 Å². The van der Waals surface area contributed by atoms with Crippen LogP contribution in [0.4, 0.5) is 0 Å². The SMILES string of the molecule is Cl.Cl.NC(=O)C1c2cccc(O)c2C(O)=C2C(=O)C3(O)C(=O)CC(O)CC3CC21. The van der Waals surface area contributed by atoms with Gasteiger partial charge in [-0.3, -0.25) is 14.4 Å². The van der Waals surface area contributed by atoms with E-state index in [0.717, 1.165) is 0 Å². The van der Waals surface area contributed by atoms with E-state index in [-0.39, 0.29) is 66.5 Å². The van der Waals surface area contributed by atoms with Gasteiger partial charge in [-0.05, 0) is 24.5 Å². The summed E-state index contributed by atoms with van der Waals surface area (Å²) in [5.41, 5.74) is 3.14. The van der Waals surface area contributed by atoms with Crippen LogP contribution in [-0.2, 0) is 14.4 Å². The van der Waals surface area contributed by atoms with Gasteiger partial charge in [0, 0.05) is 23.8 Å². The predicted octanol–water partition coefficient (Wildman–Crippen LogP) is 0.747. The number of rotatable bonds is 1. The molecule has 0 bridgehead atoms. The lowest BCUT2D eigenvalue weighted by Crippen LogP contribution is -2.62. The van der Waals surface area contributed by atoms with E-state index in [0.29, 0.717) is 0 Å². The molecule has 5 atom stereocenters. The molecule has 3 aliphatic rings. The molecule has 0 spiro atoms. The van der Waals surface area contributed by atoms with Crippen molar-refractivity contribution in [2.75, 3.05) is 0 Å². The van der Waals surface area contributed by atoms with Gasteiger partial charge in [-0.15, -0.1) is 24.8 Å². The van der Waals surface area contributed by atoms with Crippen LogP contribution in [0.25, 0.3) is 5.76 Å². The van der Waals surface area contributed by atoms with Crippen molar-refractivity contribution in [2.24, 2.45) is 17.6 Å². The fraction of sp³-hybridized carbons (Fsp3) is 0.421. The number of benzene rings is 1. The molecule has 0 heterocycles. The minimum absolute atomic E-state index is 0. The number of aliphatic hydroxyl groups is 3. The molecule has 2 saturated carbocycles. The molecule has 0 aliphatic heterocycles. The fourth-order valence-corrected chi connectivity index (χ4v) is 4.92. The minimum Gasteiger partial charge on any atom is -0.507 e. The highest BCUT2D eigenvalue weighted by molar-refractivity contribution is 6.21. The third-order valence-corrected chi connectivity index (χ3v) is 6.10. The Morgan fingerprint density at radius 3 is 2.41 bits per heavy atom. The maximum absolute atomic E-state index is 13.1. The quantitative estimate of drug-likeness (QED) is 0.398. The summed E-state index contributed by atoms with van der Waals surface area (Å²) in [5, 5.41) is 41.7. The van der Waals surface area contributed by atoms with Gasteiger partial charge in [0.2, 0.25) is 11.7 Å². The van der Waals surface area contributed by atoms with Crippen molar-refractivity contribution in [2.45, 2.75) is 36.9 Å². The van der Waals surface area contributed by atoms with E-state index in [2.05, 4.69) is 0 Å². The number of ketones is 2. The molecule has 3 aliphatic carbocycles. The molecular formula is C19H21Cl2NO7. The average molecular weight is 446 g/mol. The van der Waals surface area contributed by atoms with E-state index < -0.39 is 52.7 Å². The number of Topliss-reactive ketones (excluding diaryl/α,β-unsaturated/α-hetero) is 2. The zero-order valence-corrected chi connectivity index (χ0v) is 16.7. The van der Waals surface area contributed by atoms with Crippen LogP contribution in [0.2, 0.25) is 0 Å². The molecular weight excluding hydrogens is 425 g/mol. The Kier molecular flexibility index (Phi) is 6.07. The number of carbonyl (C=O) groups excluding carboxylic acids is 3. The third-order valence-electron chi connectivity index (χ3n) is 6.10. The lowest BCUT2D eigenvalue weighted by Gasteiger charge is -2.48. The molecule has 10 heteroatoms. The van der Waals surface area contributed by atoms with E-state index >= 15 is 0 Å². The first-order valence-corrected chi connectivity index (χ1v) is 8.71. The highest BCUT2D eigenvalue weighted by Gasteiger charge is 2.61. The predicted molar refractivity (Wildman–Crippen MR) is 106 cm³/mol. The Morgan fingerprint density at radius 1 is 1.14 bits per heavy atom. The number of hydrogen-bond donors (Lipinski definition) is 5. The van der Waals surface area contributed by atoms with Crippen molar-refractivity contribution >= 4 is 48.0 Å². The fourth-order valence-electron chi connectivity index (χ4n) is 4.92. The lowest BCUT2D eigenvalue weighted by molar-refractivity contribution is -0.167. The van der Waals surface area contributed by atoms with Crippen molar-refractivity contribution in [3.8, 4) is 5.75 Å². The molecule has 0 radical (unpaired) electrons. The molecule has 1 aromatic carbocycles. The van der Waals surface area contributed by atoms with Crippen LogP contribution < -0.4 is 5.73 Å². The van der Waals surface area contributed by atoms with Gasteiger partial charge >= 0.3 is 0 Å². The molecule has 29 heavy (non-hydrogen) atoms. The average Bonchev–Trinajstić information content (AvgIpc) is 2.57. The van der Waals surface area contributed by atoms with Crippen LogP contribution in [0, 0.1) is 11.8 Å². The number of hydrogen-bond acceptors (Lipinski definition) is 7. The summed E-state index contributed by atoms with van der Waals surface area (Å²) in [7, 11) is 0. The van der Waals surface area contributed by atoms with Crippen molar-refractivity contribution in [3.63, 3.8) is 0 Å². The van der Waals surface area contributed by atoms with Crippen LogP contribution in [-0.4, -0.2) is 49.6 Å². The number of fused-ring (bicyclic) bond motifs is 3. The molecule has 0 aromatic heterocycles. The van der Waals surface area contributed by atoms with Crippen LogP contribution in [0.15, 0.2) is 23.8 Å². The number of primary amides is 1. The molecule has 0 saturated heterocycles. The van der Waals surface area contributed by atoms with Gasteiger partial charge in [0.25, 0.3) is 0 Å². The van der Waals surface area contributed by atoms with Gasteiger partial charge in [0.05, 0.1) is 17.6 Å². The maximum atomic E-state index is 13.1. The second-order valence-electron chi connectivity index (χ2n) is 7.54. The summed E-state index contributed by atoms with van der Waals surface area (Å²) in [4.78, 5) is 37.7. The number of carbonyl (C=O) groups is 3. The smallest absolute Gasteiger partial charge is 0.225 e. The maximum Gasteiger partial charge on any atom is 0.225 e.